The second-order valence-electron chi connectivity index (χ2n) is 9.05. The number of H-pyrrole nitrogens is 1. The molecule has 3 aromatic rings. The number of piperidine rings is 1. The summed E-state index contributed by atoms with van der Waals surface area (Å²) in [6.07, 6.45) is 8.05. The van der Waals surface area contributed by atoms with Gasteiger partial charge in [-0.05, 0) is 50.9 Å². The van der Waals surface area contributed by atoms with Crippen LogP contribution in [0.5, 0.6) is 0 Å². The molecule has 1 spiro atoms. The average Bonchev–Trinajstić information content (AvgIpc) is 3.38. The van der Waals surface area contributed by atoms with Gasteiger partial charge >= 0.3 is 0 Å². The number of nitrogens with one attached hydrogen (secondary N) is 1. The molecule has 0 saturated carbocycles. The van der Waals surface area contributed by atoms with Crippen LogP contribution in [-0.2, 0) is 23.1 Å². The number of fused-ring (bicyclic) bond motifs is 3. The number of pyridine rings is 1. The monoisotopic (exact) mass is 420 g/mol. The summed E-state index contributed by atoms with van der Waals surface area (Å²) >= 11 is 0. The molecule has 0 aromatic carbocycles. The normalized spacial score (nSPS) is 21.1. The molecule has 162 valence electrons. The van der Waals surface area contributed by atoms with E-state index in [1.165, 1.54) is 5.69 Å². The predicted molar refractivity (Wildman–Crippen MR) is 118 cm³/mol. The number of nitrogens with zero attached hydrogens (tertiary/aromatic N) is 5. The van der Waals surface area contributed by atoms with E-state index in [0.717, 1.165) is 81.3 Å². The van der Waals surface area contributed by atoms with E-state index in [9.17, 15) is 4.79 Å². The Morgan fingerprint density at radius 3 is 2.77 bits per heavy atom. The van der Waals surface area contributed by atoms with Gasteiger partial charge in [-0.25, -0.2) is 9.97 Å². The minimum Gasteiger partial charge on any atom is -0.378 e. The first-order valence-electron chi connectivity index (χ1n) is 11.3. The van der Waals surface area contributed by atoms with Gasteiger partial charge in [0.1, 0.15) is 5.65 Å². The van der Waals surface area contributed by atoms with Gasteiger partial charge in [0.15, 0.2) is 0 Å². The number of aromatic nitrogens is 4. The van der Waals surface area contributed by atoms with Crippen molar-refractivity contribution in [1.29, 1.82) is 0 Å². The third-order valence-electron chi connectivity index (χ3n) is 7.36. The topological polar surface area (TPSA) is 78.8 Å². The van der Waals surface area contributed by atoms with Crippen molar-refractivity contribution in [3.05, 3.63) is 57.9 Å². The van der Waals surface area contributed by atoms with E-state index >= 15 is 0 Å². The summed E-state index contributed by atoms with van der Waals surface area (Å²) in [7, 11) is 0. The van der Waals surface area contributed by atoms with Gasteiger partial charge in [0.05, 0.1) is 30.8 Å². The molecule has 0 atom stereocenters. The summed E-state index contributed by atoms with van der Waals surface area (Å²) in [6.45, 7) is 5.86. The maximum Gasteiger partial charge on any atom is 0.255 e. The van der Waals surface area contributed by atoms with Gasteiger partial charge in [-0.2, -0.15) is 0 Å². The molecule has 8 heteroatoms. The Morgan fingerprint density at radius 1 is 1.10 bits per heavy atom. The number of likely N-dealkylation sites (tertiary alicyclic amines) is 1. The lowest BCUT2D eigenvalue weighted by Crippen LogP contribution is -2.43. The maximum atomic E-state index is 12.8. The van der Waals surface area contributed by atoms with Gasteiger partial charge in [-0.15, -0.1) is 0 Å². The van der Waals surface area contributed by atoms with E-state index in [1.54, 1.807) is 0 Å². The van der Waals surface area contributed by atoms with Crippen LogP contribution >= 0.6 is 0 Å². The Hall–Kier alpha value is -2.71. The number of hydrogen-bond acceptors (Lipinski definition) is 6. The molecule has 6 rings (SSSR count). The van der Waals surface area contributed by atoms with E-state index in [0.29, 0.717) is 13.2 Å². The molecular weight excluding hydrogens is 392 g/mol. The number of imidazole rings is 1. The molecule has 0 amide bonds. The smallest absolute Gasteiger partial charge is 0.255 e. The number of rotatable bonds is 3. The number of aromatic amines is 1. The zero-order valence-corrected chi connectivity index (χ0v) is 17.7. The van der Waals surface area contributed by atoms with E-state index < -0.39 is 0 Å². The second-order valence-corrected chi connectivity index (χ2v) is 9.05. The highest BCUT2D eigenvalue weighted by Gasteiger charge is 2.44. The summed E-state index contributed by atoms with van der Waals surface area (Å²) in [5.74, 6) is 0.724. The lowest BCUT2D eigenvalue weighted by Gasteiger charge is -2.39. The summed E-state index contributed by atoms with van der Waals surface area (Å²) in [5.41, 5.74) is 4.29. The first-order chi connectivity index (χ1) is 15.2. The fraction of sp³-hybridized carbons (Fsp3) is 0.522. The number of morpholine rings is 1. The Bertz CT molecular complexity index is 1150. The summed E-state index contributed by atoms with van der Waals surface area (Å²) in [5, 5.41) is 0. The molecule has 0 unspecified atom stereocenters. The first-order valence-corrected chi connectivity index (χ1v) is 11.3. The molecule has 31 heavy (non-hydrogen) atoms. The third-order valence-corrected chi connectivity index (χ3v) is 7.36. The van der Waals surface area contributed by atoms with Gasteiger partial charge in [-0.1, -0.05) is 6.07 Å². The summed E-state index contributed by atoms with van der Waals surface area (Å²) < 4.78 is 7.63. The quantitative estimate of drug-likeness (QED) is 0.695. The SMILES string of the molecule is O=c1[nH]c(N2CCOCC2)nc2c1CCC21CCN(Cc2cnc3ccccn23)CC1. The van der Waals surface area contributed by atoms with E-state index in [1.807, 2.05) is 24.4 Å². The van der Waals surface area contributed by atoms with Crippen LogP contribution in [0.3, 0.4) is 0 Å². The zero-order chi connectivity index (χ0) is 20.8. The molecule has 2 aliphatic heterocycles. The Labute approximate surface area is 180 Å². The molecule has 3 aliphatic rings. The largest absolute Gasteiger partial charge is 0.378 e. The van der Waals surface area contributed by atoms with Crippen LogP contribution < -0.4 is 10.5 Å². The van der Waals surface area contributed by atoms with E-state index in [-0.39, 0.29) is 11.0 Å². The first kappa shape index (κ1) is 19.0. The minimum atomic E-state index is 0.0423. The van der Waals surface area contributed by atoms with Crippen LogP contribution in [0.2, 0.25) is 0 Å². The van der Waals surface area contributed by atoms with Gasteiger partial charge in [0.25, 0.3) is 5.56 Å². The molecule has 2 fully saturated rings. The van der Waals surface area contributed by atoms with E-state index in [4.69, 9.17) is 9.72 Å². The molecule has 0 radical (unpaired) electrons. The molecule has 0 bridgehead atoms. The van der Waals surface area contributed by atoms with Crippen LogP contribution in [-0.4, -0.2) is 63.6 Å². The van der Waals surface area contributed by atoms with Crippen LogP contribution in [0.1, 0.15) is 36.2 Å². The standard InChI is InChI=1S/C23H28N6O2/c30-21-18-4-5-23(20(18)25-22(26-21)28-11-13-31-14-12-28)6-9-27(10-7-23)16-17-15-24-19-3-1-2-8-29(17)19/h1-3,8,15H,4-7,9-14,16H2,(H,25,26,30). The van der Waals surface area contributed by atoms with Crippen molar-refractivity contribution in [2.45, 2.75) is 37.6 Å². The summed E-state index contributed by atoms with van der Waals surface area (Å²) in [4.78, 5) is 30.1. The minimum absolute atomic E-state index is 0.0423. The van der Waals surface area contributed by atoms with Crippen molar-refractivity contribution < 1.29 is 4.74 Å². The fourth-order valence-electron chi connectivity index (χ4n) is 5.52. The maximum absolute atomic E-state index is 12.8. The lowest BCUT2D eigenvalue weighted by molar-refractivity contribution is 0.121. The molecular formula is C23H28N6O2. The Morgan fingerprint density at radius 2 is 1.94 bits per heavy atom. The highest BCUT2D eigenvalue weighted by Crippen LogP contribution is 2.44. The van der Waals surface area contributed by atoms with Gasteiger partial charge in [0.2, 0.25) is 5.95 Å². The third kappa shape index (κ3) is 3.25. The average molecular weight is 421 g/mol. The molecule has 2 saturated heterocycles. The Balaban J connectivity index is 1.22. The van der Waals surface area contributed by atoms with Gasteiger partial charge < -0.3 is 14.0 Å². The van der Waals surface area contributed by atoms with Crippen LogP contribution in [0.15, 0.2) is 35.4 Å². The molecule has 3 aromatic heterocycles. The number of ether oxygens (including phenoxy) is 1. The zero-order valence-electron chi connectivity index (χ0n) is 17.7. The van der Waals surface area contributed by atoms with E-state index in [2.05, 4.69) is 30.4 Å². The number of hydrogen-bond donors (Lipinski definition) is 1. The molecule has 1 aliphatic carbocycles. The fourth-order valence-corrected chi connectivity index (χ4v) is 5.52. The van der Waals surface area contributed by atoms with Crippen LogP contribution in [0.4, 0.5) is 5.95 Å². The van der Waals surface area contributed by atoms with Crippen molar-refractivity contribution in [2.75, 3.05) is 44.3 Å². The predicted octanol–water partition coefficient (Wildman–Crippen LogP) is 1.73. The van der Waals surface area contributed by atoms with Crippen molar-refractivity contribution in [2.24, 2.45) is 0 Å². The second kappa shape index (κ2) is 7.46. The molecule has 1 N–H and O–H groups in total. The van der Waals surface area contributed by atoms with Crippen molar-refractivity contribution >= 4 is 11.6 Å². The van der Waals surface area contributed by atoms with Crippen molar-refractivity contribution in [3.8, 4) is 0 Å². The summed E-state index contributed by atoms with van der Waals surface area (Å²) in [6, 6.07) is 6.11. The van der Waals surface area contributed by atoms with Crippen LogP contribution in [0.25, 0.3) is 5.65 Å². The van der Waals surface area contributed by atoms with Crippen molar-refractivity contribution in [3.63, 3.8) is 0 Å². The lowest BCUT2D eigenvalue weighted by atomic mass is 9.76. The van der Waals surface area contributed by atoms with Gasteiger partial charge in [0, 0.05) is 36.8 Å². The highest BCUT2D eigenvalue weighted by molar-refractivity contribution is 5.41. The Kier molecular flexibility index (Phi) is 4.57. The molecule has 8 nitrogen and oxygen atoms in total. The van der Waals surface area contributed by atoms with Crippen molar-refractivity contribution in [1.82, 2.24) is 24.3 Å². The molecule has 5 heterocycles. The highest BCUT2D eigenvalue weighted by atomic mass is 16.5. The number of anilines is 1. The van der Waals surface area contributed by atoms with Gasteiger partial charge in [-0.3, -0.25) is 14.7 Å². The van der Waals surface area contributed by atoms with Crippen LogP contribution in [0, 0.1) is 0 Å².